The van der Waals surface area contributed by atoms with Gasteiger partial charge in [-0.3, -0.25) is 0 Å². The van der Waals surface area contributed by atoms with Crippen molar-refractivity contribution in [1.82, 2.24) is 15.5 Å². The molecule has 0 aliphatic heterocycles. The summed E-state index contributed by atoms with van der Waals surface area (Å²) in [5.74, 6) is 2.46. The molecule has 0 saturated carbocycles. The van der Waals surface area contributed by atoms with Crippen LogP contribution in [-0.4, -0.2) is 30.0 Å². The number of hydrogen-bond donors (Lipinski definition) is 1. The Kier molecular flexibility index (Phi) is 9.97. The normalized spacial score (nSPS) is 11.5. The number of nitrogens with one attached hydrogen (secondary N) is 1. The summed E-state index contributed by atoms with van der Waals surface area (Å²) in [6.45, 7) is 5.76. The molecule has 35 heavy (non-hydrogen) atoms. The zero-order valence-corrected chi connectivity index (χ0v) is 21.3. The maximum absolute atomic E-state index is 6.53. The van der Waals surface area contributed by atoms with E-state index in [2.05, 4.69) is 21.6 Å². The van der Waals surface area contributed by atoms with Crippen LogP contribution in [0.25, 0.3) is 11.5 Å². The molecule has 0 fully saturated rings. The van der Waals surface area contributed by atoms with Crippen molar-refractivity contribution in [2.24, 2.45) is 0 Å². The summed E-state index contributed by atoms with van der Waals surface area (Å²) in [5.41, 5.74) is 2.89. The molecule has 1 unspecified atom stereocenters. The first kappa shape index (κ1) is 26.5. The van der Waals surface area contributed by atoms with Crippen LogP contribution in [0.3, 0.4) is 0 Å². The zero-order chi connectivity index (χ0) is 23.8. The van der Waals surface area contributed by atoms with Gasteiger partial charge in [0.15, 0.2) is 11.5 Å². The lowest BCUT2D eigenvalue weighted by Gasteiger charge is -2.17. The molecule has 4 aromatic rings. The van der Waals surface area contributed by atoms with Gasteiger partial charge in [-0.25, -0.2) is 0 Å². The molecule has 1 N–H and O–H groups in total. The third kappa shape index (κ3) is 6.75. The number of benzene rings is 3. The number of aromatic nitrogens is 2. The van der Waals surface area contributed by atoms with Crippen LogP contribution in [0.2, 0.25) is 5.02 Å². The molecule has 0 bridgehead atoms. The highest BCUT2D eigenvalue weighted by Crippen LogP contribution is 2.31. The molecular weight excluding hydrogens is 485 g/mol. The number of ether oxygens (including phenoxy) is 2. The van der Waals surface area contributed by atoms with Crippen LogP contribution in [0.15, 0.2) is 77.2 Å². The monoisotopic (exact) mass is 513 g/mol. The summed E-state index contributed by atoms with van der Waals surface area (Å²) < 4.78 is 17.5. The van der Waals surface area contributed by atoms with Gasteiger partial charge in [-0.05, 0) is 61.7 Å². The van der Waals surface area contributed by atoms with Crippen LogP contribution < -0.4 is 14.8 Å². The van der Waals surface area contributed by atoms with Gasteiger partial charge in [-0.1, -0.05) is 54.1 Å². The quantitative estimate of drug-likeness (QED) is 0.245. The fourth-order valence-corrected chi connectivity index (χ4v) is 3.94. The molecule has 0 saturated heterocycles. The van der Waals surface area contributed by atoms with Crippen LogP contribution in [0.5, 0.6) is 11.5 Å². The Morgan fingerprint density at radius 2 is 1.60 bits per heavy atom. The highest BCUT2D eigenvalue weighted by atomic mass is 35.5. The largest absolute Gasteiger partial charge is 0.490 e. The number of hydrogen-bond acceptors (Lipinski definition) is 6. The van der Waals surface area contributed by atoms with E-state index in [-0.39, 0.29) is 18.4 Å². The molecule has 0 radical (unpaired) electrons. The third-order valence-electron chi connectivity index (χ3n) is 5.29. The molecule has 0 aliphatic rings. The summed E-state index contributed by atoms with van der Waals surface area (Å²) >= 11 is 6.53. The van der Waals surface area contributed by atoms with E-state index in [1.54, 1.807) is 0 Å². The first-order valence-electron chi connectivity index (χ1n) is 11.4. The molecule has 1 heterocycles. The lowest BCUT2D eigenvalue weighted by Crippen LogP contribution is -2.25. The first-order valence-corrected chi connectivity index (χ1v) is 11.8. The number of halogens is 2. The van der Waals surface area contributed by atoms with E-state index >= 15 is 0 Å². The third-order valence-corrected chi connectivity index (χ3v) is 5.64. The number of nitrogens with zero attached hydrogens (tertiary/aromatic N) is 2. The van der Waals surface area contributed by atoms with E-state index in [0.29, 0.717) is 36.6 Å². The van der Waals surface area contributed by atoms with Crippen molar-refractivity contribution in [2.45, 2.75) is 26.3 Å². The van der Waals surface area contributed by atoms with Crippen molar-refractivity contribution in [3.05, 3.63) is 94.8 Å². The minimum atomic E-state index is -0.340. The first-order chi connectivity index (χ1) is 16.7. The molecule has 6 nitrogen and oxygen atoms in total. The lowest BCUT2D eigenvalue weighted by atomic mass is 10.1. The summed E-state index contributed by atoms with van der Waals surface area (Å²) in [5, 5.41) is 12.8. The zero-order valence-electron chi connectivity index (χ0n) is 19.7. The Hall–Kier alpha value is -3.06. The minimum absolute atomic E-state index is 0. The highest BCUT2D eigenvalue weighted by Gasteiger charge is 2.23. The van der Waals surface area contributed by atoms with Gasteiger partial charge in [0.2, 0.25) is 11.8 Å². The SMILES string of the molecule is CCOc1ccc(CCNC(c2nnc(-c3ccccc3)o2)c2ccccc2Cl)cc1OCC.Cl. The van der Waals surface area contributed by atoms with Crippen molar-refractivity contribution in [3.8, 4) is 23.0 Å². The van der Waals surface area contributed by atoms with E-state index in [1.165, 1.54) is 0 Å². The Balaban J connectivity index is 0.00000342. The van der Waals surface area contributed by atoms with Crippen LogP contribution in [0.1, 0.15) is 36.9 Å². The standard InChI is InChI=1S/C27H28ClN3O3.ClH/c1-3-32-23-15-14-19(18-24(23)33-4-2)16-17-29-25(21-12-8-9-13-22(21)28)27-31-30-26(34-27)20-10-6-5-7-11-20;/h5-15,18,25,29H,3-4,16-17H2,1-2H3;1H. The Labute approximate surface area is 217 Å². The molecule has 184 valence electrons. The van der Waals surface area contributed by atoms with Gasteiger partial charge in [0.1, 0.15) is 6.04 Å². The smallest absolute Gasteiger partial charge is 0.247 e. The summed E-state index contributed by atoms with van der Waals surface area (Å²) in [6, 6.07) is 23.1. The second-order valence-corrected chi connectivity index (χ2v) is 8.02. The van der Waals surface area contributed by atoms with Gasteiger partial charge >= 0.3 is 0 Å². The molecule has 0 aliphatic carbocycles. The van der Waals surface area contributed by atoms with Gasteiger partial charge in [-0.2, -0.15) is 0 Å². The van der Waals surface area contributed by atoms with Crippen LogP contribution >= 0.6 is 24.0 Å². The highest BCUT2D eigenvalue weighted by molar-refractivity contribution is 6.31. The Morgan fingerprint density at radius 1 is 0.886 bits per heavy atom. The summed E-state index contributed by atoms with van der Waals surface area (Å²) in [7, 11) is 0. The average molecular weight is 514 g/mol. The van der Waals surface area contributed by atoms with E-state index in [0.717, 1.165) is 34.6 Å². The van der Waals surface area contributed by atoms with Crippen LogP contribution in [0.4, 0.5) is 0 Å². The maximum atomic E-state index is 6.53. The maximum Gasteiger partial charge on any atom is 0.247 e. The van der Waals surface area contributed by atoms with Crippen molar-refractivity contribution in [3.63, 3.8) is 0 Å². The topological polar surface area (TPSA) is 69.4 Å². The van der Waals surface area contributed by atoms with Crippen molar-refractivity contribution < 1.29 is 13.9 Å². The molecule has 0 spiro atoms. The van der Waals surface area contributed by atoms with Gasteiger partial charge in [-0.15, -0.1) is 22.6 Å². The fourth-order valence-electron chi connectivity index (χ4n) is 3.70. The fraction of sp³-hybridized carbons (Fsp3) is 0.259. The van der Waals surface area contributed by atoms with E-state index in [9.17, 15) is 0 Å². The van der Waals surface area contributed by atoms with Crippen molar-refractivity contribution in [2.75, 3.05) is 19.8 Å². The number of rotatable bonds is 11. The molecule has 0 amide bonds. The van der Waals surface area contributed by atoms with Gasteiger partial charge < -0.3 is 19.2 Å². The van der Waals surface area contributed by atoms with Gasteiger partial charge in [0, 0.05) is 17.1 Å². The summed E-state index contributed by atoms with van der Waals surface area (Å²) in [6.07, 6.45) is 0.771. The predicted molar refractivity (Wildman–Crippen MR) is 141 cm³/mol. The van der Waals surface area contributed by atoms with Crippen molar-refractivity contribution >= 4 is 24.0 Å². The molecule has 1 aromatic heterocycles. The average Bonchev–Trinajstić information content (AvgIpc) is 3.35. The second-order valence-electron chi connectivity index (χ2n) is 7.62. The minimum Gasteiger partial charge on any atom is -0.490 e. The predicted octanol–water partition coefficient (Wildman–Crippen LogP) is 6.53. The molecule has 3 aromatic carbocycles. The van der Waals surface area contributed by atoms with Crippen LogP contribution in [0, 0.1) is 0 Å². The van der Waals surface area contributed by atoms with Crippen molar-refractivity contribution in [1.29, 1.82) is 0 Å². The lowest BCUT2D eigenvalue weighted by molar-refractivity contribution is 0.287. The van der Waals surface area contributed by atoms with E-state index in [1.807, 2.05) is 80.6 Å². The molecule has 4 rings (SSSR count). The van der Waals surface area contributed by atoms with Gasteiger partial charge in [0.05, 0.1) is 13.2 Å². The molecule has 8 heteroatoms. The van der Waals surface area contributed by atoms with E-state index in [4.69, 9.17) is 25.5 Å². The molecular formula is C27H29Cl2N3O3. The Morgan fingerprint density at radius 3 is 2.34 bits per heavy atom. The summed E-state index contributed by atoms with van der Waals surface area (Å²) in [4.78, 5) is 0. The van der Waals surface area contributed by atoms with Crippen LogP contribution in [-0.2, 0) is 6.42 Å². The van der Waals surface area contributed by atoms with Gasteiger partial charge in [0.25, 0.3) is 0 Å². The second kappa shape index (κ2) is 13.1. The Bertz CT molecular complexity index is 1200. The van der Waals surface area contributed by atoms with E-state index < -0.39 is 0 Å². The molecule has 1 atom stereocenters.